The Morgan fingerprint density at radius 1 is 1.15 bits per heavy atom. The van der Waals surface area contributed by atoms with Gasteiger partial charge < -0.3 is 15.0 Å². The molecule has 1 saturated heterocycles. The summed E-state index contributed by atoms with van der Waals surface area (Å²) in [4.78, 5) is 14.9. The van der Waals surface area contributed by atoms with Crippen LogP contribution in [0.3, 0.4) is 0 Å². The lowest BCUT2D eigenvalue weighted by molar-refractivity contribution is 0.102. The molecule has 1 atom stereocenters. The first kappa shape index (κ1) is 18.9. The molecule has 138 valence electrons. The summed E-state index contributed by atoms with van der Waals surface area (Å²) in [7, 11) is 1.48. The third-order valence-electron chi connectivity index (χ3n) is 4.72. The zero-order valence-corrected chi connectivity index (χ0v) is 16.4. The van der Waals surface area contributed by atoms with E-state index in [-0.39, 0.29) is 5.91 Å². The number of methoxy groups -OCH3 is 1. The second-order valence-corrected chi connectivity index (χ2v) is 7.33. The highest BCUT2D eigenvalue weighted by atomic mass is 35.5. The van der Waals surface area contributed by atoms with Gasteiger partial charge in [0.05, 0.1) is 17.2 Å². The number of nitrogens with one attached hydrogen (secondary N) is 1. The third kappa shape index (κ3) is 4.08. The summed E-state index contributed by atoms with van der Waals surface area (Å²) in [6.45, 7) is 3.34. The molecular formula is C20H22Cl2N2O2. The van der Waals surface area contributed by atoms with Gasteiger partial charge in [-0.3, -0.25) is 4.79 Å². The van der Waals surface area contributed by atoms with Crippen LogP contribution in [-0.4, -0.2) is 25.6 Å². The van der Waals surface area contributed by atoms with Crippen LogP contribution in [0, 0.1) is 0 Å². The minimum Gasteiger partial charge on any atom is -0.494 e. The van der Waals surface area contributed by atoms with E-state index >= 15 is 0 Å². The molecule has 1 aliphatic rings. The standard InChI is InChI=1S/C20H22Cl2N2O2/c1-13-5-3-4-10-24(13)16-8-6-15(7-9-16)23-20(25)14-11-17(21)19(26-2)18(22)12-14/h6-9,11-13H,3-5,10H2,1-2H3,(H,23,25)/t13-/m1/s1. The van der Waals surface area contributed by atoms with Gasteiger partial charge in [-0.25, -0.2) is 0 Å². The number of hydrogen-bond donors (Lipinski definition) is 1. The molecule has 1 N–H and O–H groups in total. The van der Waals surface area contributed by atoms with E-state index in [1.54, 1.807) is 12.1 Å². The summed E-state index contributed by atoms with van der Waals surface area (Å²) < 4.78 is 5.11. The number of piperidine rings is 1. The maximum atomic E-state index is 12.5. The van der Waals surface area contributed by atoms with Gasteiger partial charge >= 0.3 is 0 Å². The van der Waals surface area contributed by atoms with Gasteiger partial charge in [0.2, 0.25) is 0 Å². The van der Waals surface area contributed by atoms with Crippen LogP contribution in [0.2, 0.25) is 10.0 Å². The summed E-state index contributed by atoms with van der Waals surface area (Å²) in [5, 5.41) is 3.49. The Hall–Kier alpha value is -1.91. The molecule has 0 unspecified atom stereocenters. The van der Waals surface area contributed by atoms with Crippen LogP contribution in [0.15, 0.2) is 36.4 Å². The third-order valence-corrected chi connectivity index (χ3v) is 5.29. The zero-order chi connectivity index (χ0) is 18.7. The highest BCUT2D eigenvalue weighted by Gasteiger charge is 2.18. The van der Waals surface area contributed by atoms with Gasteiger partial charge in [0.25, 0.3) is 5.91 Å². The van der Waals surface area contributed by atoms with Gasteiger partial charge in [0.1, 0.15) is 0 Å². The van der Waals surface area contributed by atoms with Gasteiger partial charge in [0, 0.05) is 29.5 Å². The lowest BCUT2D eigenvalue weighted by atomic mass is 10.0. The maximum absolute atomic E-state index is 12.5. The number of benzene rings is 2. The predicted molar refractivity (Wildman–Crippen MR) is 108 cm³/mol. The van der Waals surface area contributed by atoms with Gasteiger partial charge in [-0.1, -0.05) is 23.2 Å². The van der Waals surface area contributed by atoms with Gasteiger partial charge in [-0.2, -0.15) is 0 Å². The van der Waals surface area contributed by atoms with E-state index < -0.39 is 0 Å². The first-order valence-corrected chi connectivity index (χ1v) is 9.46. The number of carbonyl (C=O) groups is 1. The van der Waals surface area contributed by atoms with Crippen LogP contribution in [0.5, 0.6) is 5.75 Å². The number of nitrogens with zero attached hydrogens (tertiary/aromatic N) is 1. The van der Waals surface area contributed by atoms with Crippen molar-refractivity contribution in [1.29, 1.82) is 0 Å². The van der Waals surface area contributed by atoms with Crippen molar-refractivity contribution in [3.05, 3.63) is 52.0 Å². The van der Waals surface area contributed by atoms with Crippen molar-refractivity contribution in [3.8, 4) is 5.75 Å². The Morgan fingerprint density at radius 2 is 1.81 bits per heavy atom. The summed E-state index contributed by atoms with van der Waals surface area (Å²) in [5.41, 5.74) is 2.30. The second kappa shape index (κ2) is 8.19. The highest BCUT2D eigenvalue weighted by molar-refractivity contribution is 6.37. The number of anilines is 2. The maximum Gasteiger partial charge on any atom is 0.255 e. The molecule has 0 saturated carbocycles. The second-order valence-electron chi connectivity index (χ2n) is 6.51. The first-order valence-electron chi connectivity index (χ1n) is 8.70. The number of ether oxygens (including phenoxy) is 1. The Bertz CT molecular complexity index is 770. The number of hydrogen-bond acceptors (Lipinski definition) is 3. The van der Waals surface area contributed by atoms with Crippen LogP contribution in [-0.2, 0) is 0 Å². The van der Waals surface area contributed by atoms with E-state index in [4.69, 9.17) is 27.9 Å². The largest absolute Gasteiger partial charge is 0.494 e. The summed E-state index contributed by atoms with van der Waals surface area (Å²) in [6.07, 6.45) is 3.73. The molecule has 0 aliphatic carbocycles. The minimum absolute atomic E-state index is 0.268. The fourth-order valence-electron chi connectivity index (χ4n) is 3.31. The normalized spacial score (nSPS) is 17.1. The van der Waals surface area contributed by atoms with Crippen LogP contribution in [0.1, 0.15) is 36.5 Å². The van der Waals surface area contributed by atoms with Gasteiger partial charge in [-0.15, -0.1) is 0 Å². The van der Waals surface area contributed by atoms with E-state index in [1.165, 1.54) is 32.1 Å². The molecule has 1 aliphatic heterocycles. The van der Waals surface area contributed by atoms with Crippen molar-refractivity contribution in [2.75, 3.05) is 23.9 Å². The molecule has 6 heteroatoms. The number of carbonyl (C=O) groups excluding carboxylic acids is 1. The SMILES string of the molecule is COc1c(Cl)cc(C(=O)Nc2ccc(N3CCCC[C@H]3C)cc2)cc1Cl. The van der Waals surface area contributed by atoms with Crippen molar-refractivity contribution in [2.24, 2.45) is 0 Å². The summed E-state index contributed by atoms with van der Waals surface area (Å²) in [5.74, 6) is 0.0976. The van der Waals surface area contributed by atoms with E-state index in [1.807, 2.05) is 24.3 Å². The van der Waals surface area contributed by atoms with Crippen molar-refractivity contribution in [3.63, 3.8) is 0 Å². The topological polar surface area (TPSA) is 41.6 Å². The van der Waals surface area contributed by atoms with Crippen LogP contribution >= 0.6 is 23.2 Å². The Morgan fingerprint density at radius 3 is 2.38 bits per heavy atom. The zero-order valence-electron chi connectivity index (χ0n) is 14.9. The molecule has 26 heavy (non-hydrogen) atoms. The van der Waals surface area contributed by atoms with Crippen LogP contribution < -0.4 is 15.0 Å². The molecule has 1 amide bonds. The average Bonchev–Trinajstić information content (AvgIpc) is 2.62. The molecular weight excluding hydrogens is 371 g/mol. The molecule has 0 spiro atoms. The summed E-state index contributed by atoms with van der Waals surface area (Å²) in [6, 6.07) is 11.6. The van der Waals surface area contributed by atoms with Gasteiger partial charge in [0.15, 0.2) is 5.75 Å². The monoisotopic (exact) mass is 392 g/mol. The lowest BCUT2D eigenvalue weighted by Crippen LogP contribution is -2.37. The number of halogens is 2. The molecule has 2 aromatic carbocycles. The fraction of sp³-hybridized carbons (Fsp3) is 0.350. The average molecular weight is 393 g/mol. The predicted octanol–water partition coefficient (Wildman–Crippen LogP) is 5.63. The van der Waals surface area contributed by atoms with Crippen LogP contribution in [0.25, 0.3) is 0 Å². The van der Waals surface area contributed by atoms with E-state index in [9.17, 15) is 4.79 Å². The minimum atomic E-state index is -0.268. The van der Waals surface area contributed by atoms with Crippen molar-refractivity contribution < 1.29 is 9.53 Å². The van der Waals surface area contributed by atoms with Crippen molar-refractivity contribution >= 4 is 40.5 Å². The molecule has 4 nitrogen and oxygen atoms in total. The van der Waals surface area contributed by atoms with Crippen molar-refractivity contribution in [2.45, 2.75) is 32.2 Å². The van der Waals surface area contributed by atoms with Crippen molar-refractivity contribution in [1.82, 2.24) is 0 Å². The fourth-order valence-corrected chi connectivity index (χ4v) is 3.95. The molecule has 0 aromatic heterocycles. The Kier molecular flexibility index (Phi) is 5.94. The van der Waals surface area contributed by atoms with Crippen LogP contribution in [0.4, 0.5) is 11.4 Å². The quantitative estimate of drug-likeness (QED) is 0.732. The molecule has 3 rings (SSSR count). The van der Waals surface area contributed by atoms with E-state index in [0.717, 1.165) is 12.2 Å². The molecule has 2 aromatic rings. The Balaban J connectivity index is 1.72. The molecule has 1 heterocycles. The molecule has 0 bridgehead atoms. The van der Waals surface area contributed by atoms with E-state index in [0.29, 0.717) is 27.4 Å². The lowest BCUT2D eigenvalue weighted by Gasteiger charge is -2.35. The molecule has 0 radical (unpaired) electrons. The van der Waals surface area contributed by atoms with Gasteiger partial charge in [-0.05, 0) is 62.6 Å². The first-order chi connectivity index (χ1) is 12.5. The summed E-state index contributed by atoms with van der Waals surface area (Å²) >= 11 is 12.2. The number of rotatable bonds is 4. The highest BCUT2D eigenvalue weighted by Crippen LogP contribution is 2.34. The number of amides is 1. The van der Waals surface area contributed by atoms with E-state index in [2.05, 4.69) is 17.1 Å². The molecule has 1 fully saturated rings. The smallest absolute Gasteiger partial charge is 0.255 e. The Labute approximate surface area is 164 Å².